The van der Waals surface area contributed by atoms with Crippen LogP contribution in [-0.4, -0.2) is 51.7 Å². The Kier molecular flexibility index (Phi) is 6.16. The first-order valence-corrected chi connectivity index (χ1v) is 10.2. The number of hydrazine groups is 1. The van der Waals surface area contributed by atoms with Gasteiger partial charge in [-0.2, -0.15) is 0 Å². The first-order valence-electron chi connectivity index (χ1n) is 10.2. The van der Waals surface area contributed by atoms with Crippen molar-refractivity contribution >= 4 is 23.7 Å². The summed E-state index contributed by atoms with van der Waals surface area (Å²) in [5.74, 6) is -0.00184. The van der Waals surface area contributed by atoms with E-state index in [0.29, 0.717) is 24.7 Å². The first kappa shape index (κ1) is 21.1. The number of pyridine rings is 1. The minimum atomic E-state index is -0.414. The summed E-state index contributed by atoms with van der Waals surface area (Å²) in [7, 11) is 1.54. The number of aromatic nitrogens is 3. The van der Waals surface area contributed by atoms with Gasteiger partial charge in [0.1, 0.15) is 5.69 Å². The highest BCUT2D eigenvalue weighted by molar-refractivity contribution is 5.97. The zero-order valence-corrected chi connectivity index (χ0v) is 17.9. The number of hydrogen-bond acceptors (Lipinski definition) is 5. The van der Waals surface area contributed by atoms with Gasteiger partial charge in [0.25, 0.3) is 5.91 Å². The molecule has 4 rings (SSSR count). The van der Waals surface area contributed by atoms with Gasteiger partial charge in [0.15, 0.2) is 0 Å². The first-order chi connectivity index (χ1) is 15.5. The number of imidazole rings is 1. The largest absolute Gasteiger partial charge is 0.479 e. The molecule has 164 valence electrons. The molecule has 1 fully saturated rings. The number of para-hydroxylation sites is 1. The van der Waals surface area contributed by atoms with Crippen LogP contribution in [0.15, 0.2) is 61.1 Å². The summed E-state index contributed by atoms with van der Waals surface area (Å²) in [5, 5.41) is 1.33. The summed E-state index contributed by atoms with van der Waals surface area (Å²) in [4.78, 5) is 35.5. The lowest BCUT2D eigenvalue weighted by Crippen LogP contribution is -2.56. The van der Waals surface area contributed by atoms with E-state index in [9.17, 15) is 9.59 Å². The van der Waals surface area contributed by atoms with Crippen molar-refractivity contribution in [2.45, 2.75) is 13.3 Å². The molecule has 0 aliphatic carbocycles. The Morgan fingerprint density at radius 1 is 1.16 bits per heavy atom. The van der Waals surface area contributed by atoms with Crippen LogP contribution in [0.2, 0.25) is 0 Å². The van der Waals surface area contributed by atoms with Crippen molar-refractivity contribution in [1.82, 2.24) is 25.0 Å². The second-order valence-corrected chi connectivity index (χ2v) is 7.27. The predicted octanol–water partition coefficient (Wildman–Crippen LogP) is 2.96. The Morgan fingerprint density at radius 2 is 1.97 bits per heavy atom. The van der Waals surface area contributed by atoms with E-state index in [2.05, 4.69) is 15.4 Å². The second-order valence-electron chi connectivity index (χ2n) is 7.27. The molecule has 0 bridgehead atoms. The number of urea groups is 1. The fraction of sp³-hybridized carbons (Fsp3) is 0.217. The van der Waals surface area contributed by atoms with Crippen LogP contribution in [0.4, 0.5) is 10.5 Å². The average Bonchev–Trinajstić information content (AvgIpc) is 3.25. The van der Waals surface area contributed by atoms with Gasteiger partial charge in [0, 0.05) is 31.0 Å². The third-order valence-electron chi connectivity index (χ3n) is 4.99. The molecular weight excluding hydrogens is 408 g/mol. The van der Waals surface area contributed by atoms with Gasteiger partial charge in [-0.1, -0.05) is 18.2 Å². The zero-order valence-electron chi connectivity index (χ0n) is 17.9. The molecule has 1 N–H and O–H groups in total. The third kappa shape index (κ3) is 4.61. The molecule has 0 saturated carbocycles. The summed E-state index contributed by atoms with van der Waals surface area (Å²) in [6.45, 7) is 2.96. The summed E-state index contributed by atoms with van der Waals surface area (Å²) in [6, 6.07) is 12.8. The molecule has 9 heteroatoms. The molecule has 3 amide bonds. The summed E-state index contributed by atoms with van der Waals surface area (Å²) in [5.41, 5.74) is 5.63. The molecule has 3 heterocycles. The van der Waals surface area contributed by atoms with Gasteiger partial charge in [0.2, 0.25) is 5.88 Å². The van der Waals surface area contributed by atoms with Gasteiger partial charge in [-0.25, -0.2) is 19.8 Å². The van der Waals surface area contributed by atoms with Crippen LogP contribution in [0.1, 0.15) is 17.8 Å². The van der Waals surface area contributed by atoms with Gasteiger partial charge in [0.05, 0.1) is 24.8 Å². The van der Waals surface area contributed by atoms with Crippen LogP contribution in [0.5, 0.6) is 5.88 Å². The minimum Gasteiger partial charge on any atom is -0.479 e. The monoisotopic (exact) mass is 432 g/mol. The van der Waals surface area contributed by atoms with Crippen LogP contribution in [0, 0.1) is 6.92 Å². The molecule has 0 spiro atoms. The van der Waals surface area contributed by atoms with Crippen molar-refractivity contribution in [3.8, 4) is 11.6 Å². The number of rotatable bonds is 6. The van der Waals surface area contributed by atoms with Gasteiger partial charge < -0.3 is 9.30 Å². The Morgan fingerprint density at radius 3 is 2.69 bits per heavy atom. The lowest BCUT2D eigenvalue weighted by molar-refractivity contribution is -0.120. The Bertz CT molecular complexity index is 1140. The molecule has 1 aromatic carbocycles. The molecule has 1 aliphatic rings. The number of carbonyl (C=O) groups is 2. The third-order valence-corrected chi connectivity index (χ3v) is 4.99. The van der Waals surface area contributed by atoms with E-state index in [0.717, 1.165) is 23.5 Å². The van der Waals surface area contributed by atoms with E-state index in [4.69, 9.17) is 4.74 Å². The molecule has 0 unspecified atom stereocenters. The summed E-state index contributed by atoms with van der Waals surface area (Å²) < 4.78 is 7.21. The van der Waals surface area contributed by atoms with Crippen molar-refractivity contribution in [2.24, 2.45) is 0 Å². The van der Waals surface area contributed by atoms with Crippen LogP contribution < -0.4 is 15.1 Å². The number of ether oxygens (including phenoxy) is 1. The van der Waals surface area contributed by atoms with Crippen molar-refractivity contribution in [3.05, 3.63) is 72.5 Å². The number of benzene rings is 1. The van der Waals surface area contributed by atoms with Crippen LogP contribution in [0.3, 0.4) is 0 Å². The average molecular weight is 432 g/mol. The lowest BCUT2D eigenvalue weighted by atomic mass is 10.2. The predicted molar refractivity (Wildman–Crippen MR) is 120 cm³/mol. The molecular formula is C23H24N6O3. The molecule has 2 aromatic heterocycles. The smallest absolute Gasteiger partial charge is 0.343 e. The minimum absolute atomic E-state index is 0.260. The normalized spacial score (nSPS) is 14.1. The SMILES string of the molecule is COc1nc(C=CC(=O)NN2CCCN(c3ccccc3)C2=O)ccc1-n1cnc(C)c1. The second kappa shape index (κ2) is 9.34. The van der Waals surface area contributed by atoms with E-state index in [1.54, 1.807) is 23.4 Å². The van der Waals surface area contributed by atoms with E-state index in [-0.39, 0.29) is 6.03 Å². The number of nitrogens with zero attached hydrogens (tertiary/aromatic N) is 5. The number of amides is 3. The number of aryl methyl sites for hydroxylation is 1. The topological polar surface area (TPSA) is 92.6 Å². The molecule has 1 aliphatic heterocycles. The van der Waals surface area contributed by atoms with Crippen LogP contribution >= 0.6 is 0 Å². The van der Waals surface area contributed by atoms with E-state index in [1.807, 2.05) is 54.1 Å². The van der Waals surface area contributed by atoms with Crippen molar-refractivity contribution in [2.75, 3.05) is 25.1 Å². The van der Waals surface area contributed by atoms with Crippen LogP contribution in [-0.2, 0) is 4.79 Å². The quantitative estimate of drug-likeness (QED) is 0.605. The molecule has 0 atom stereocenters. The van der Waals surface area contributed by atoms with Gasteiger partial charge >= 0.3 is 6.03 Å². The highest BCUT2D eigenvalue weighted by Crippen LogP contribution is 2.22. The Hall–Kier alpha value is -4.14. The highest BCUT2D eigenvalue weighted by Gasteiger charge is 2.27. The van der Waals surface area contributed by atoms with Gasteiger partial charge in [-0.15, -0.1) is 0 Å². The maximum absolute atomic E-state index is 12.8. The van der Waals surface area contributed by atoms with Crippen molar-refractivity contribution < 1.29 is 14.3 Å². The fourth-order valence-electron chi connectivity index (χ4n) is 3.45. The number of anilines is 1. The van der Waals surface area contributed by atoms with Gasteiger partial charge in [-0.3, -0.25) is 15.1 Å². The molecule has 0 radical (unpaired) electrons. The number of methoxy groups -OCH3 is 1. The van der Waals surface area contributed by atoms with Gasteiger partial charge in [-0.05, 0) is 43.7 Å². The number of carbonyl (C=O) groups excluding carboxylic acids is 2. The Balaban J connectivity index is 1.42. The van der Waals surface area contributed by atoms with Crippen molar-refractivity contribution in [1.29, 1.82) is 0 Å². The summed E-state index contributed by atoms with van der Waals surface area (Å²) in [6.07, 6.45) is 7.23. The van der Waals surface area contributed by atoms with Crippen molar-refractivity contribution in [3.63, 3.8) is 0 Å². The van der Waals surface area contributed by atoms with E-state index < -0.39 is 5.91 Å². The maximum Gasteiger partial charge on any atom is 0.343 e. The van der Waals surface area contributed by atoms with E-state index >= 15 is 0 Å². The molecule has 1 saturated heterocycles. The fourth-order valence-corrected chi connectivity index (χ4v) is 3.45. The zero-order chi connectivity index (χ0) is 22.5. The molecule has 32 heavy (non-hydrogen) atoms. The molecule has 3 aromatic rings. The standard InChI is InChI=1S/C23H24N6O3/c1-17-15-27(16-24-17)20-11-9-18(25-22(20)32-2)10-12-21(30)26-29-14-6-13-28(23(29)31)19-7-4-3-5-8-19/h3-5,7-12,15-16H,6,13-14H2,1-2H3,(H,26,30). The number of nitrogens with one attached hydrogen (secondary N) is 1. The molecule has 9 nitrogen and oxygen atoms in total. The maximum atomic E-state index is 12.8. The lowest BCUT2D eigenvalue weighted by Gasteiger charge is -2.35. The number of hydrogen-bond donors (Lipinski definition) is 1. The van der Waals surface area contributed by atoms with E-state index in [1.165, 1.54) is 18.2 Å². The van der Waals surface area contributed by atoms with Crippen LogP contribution in [0.25, 0.3) is 11.8 Å². The Labute approximate surface area is 185 Å². The highest BCUT2D eigenvalue weighted by atomic mass is 16.5. The summed E-state index contributed by atoms with van der Waals surface area (Å²) >= 11 is 0.